The van der Waals surface area contributed by atoms with Crippen LogP contribution in [-0.2, 0) is 20.8 Å². The van der Waals surface area contributed by atoms with Crippen LogP contribution in [0.3, 0.4) is 0 Å². The van der Waals surface area contributed by atoms with Crippen LogP contribution in [0.25, 0.3) is 0 Å². The largest absolute Gasteiger partial charge is 0.463 e. The van der Waals surface area contributed by atoms with Crippen LogP contribution < -0.4 is 5.73 Å². The van der Waals surface area contributed by atoms with Crippen LogP contribution >= 0.6 is 0 Å². The number of anilines is 1. The molecule has 0 aliphatic carbocycles. The third-order valence-electron chi connectivity index (χ3n) is 2.09. The van der Waals surface area contributed by atoms with Gasteiger partial charge in [-0.05, 0) is 19.9 Å². The van der Waals surface area contributed by atoms with Gasteiger partial charge in [0.05, 0.1) is 12.3 Å². The van der Waals surface area contributed by atoms with Crippen molar-refractivity contribution in [2.24, 2.45) is 0 Å². The van der Waals surface area contributed by atoms with E-state index in [2.05, 4.69) is 4.74 Å². The van der Waals surface area contributed by atoms with E-state index in [1.54, 1.807) is 17.7 Å². The van der Waals surface area contributed by atoms with Gasteiger partial charge in [0.15, 0.2) is 6.61 Å². The van der Waals surface area contributed by atoms with Gasteiger partial charge < -0.3 is 19.8 Å². The maximum absolute atomic E-state index is 11.6. The Kier molecular flexibility index (Phi) is 4.56. The Morgan fingerprint density at radius 2 is 2.06 bits per heavy atom. The number of ether oxygens (including phenoxy) is 2. The van der Waals surface area contributed by atoms with Gasteiger partial charge in [0.1, 0.15) is 5.69 Å². The molecule has 0 bridgehead atoms. The first-order valence-corrected chi connectivity index (χ1v) is 5.36. The molecule has 6 nitrogen and oxygen atoms in total. The van der Waals surface area contributed by atoms with Crippen molar-refractivity contribution in [3.8, 4) is 0 Å². The fourth-order valence-corrected chi connectivity index (χ4v) is 1.37. The lowest BCUT2D eigenvalue weighted by Crippen LogP contribution is -2.18. The van der Waals surface area contributed by atoms with Crippen LogP contribution in [0.5, 0.6) is 0 Å². The van der Waals surface area contributed by atoms with Crippen molar-refractivity contribution >= 4 is 17.6 Å². The summed E-state index contributed by atoms with van der Waals surface area (Å²) in [5, 5.41) is 0. The first-order valence-electron chi connectivity index (χ1n) is 5.36. The van der Waals surface area contributed by atoms with E-state index in [0.717, 1.165) is 0 Å². The molecular weight excluding hydrogens is 224 g/mol. The first-order chi connectivity index (χ1) is 8.08. The van der Waals surface area contributed by atoms with E-state index in [1.165, 1.54) is 6.07 Å². The third kappa shape index (κ3) is 3.51. The summed E-state index contributed by atoms with van der Waals surface area (Å²) >= 11 is 0. The lowest BCUT2D eigenvalue weighted by molar-refractivity contribution is -0.146. The Balaban J connectivity index is 2.60. The number of nitrogen functional groups attached to an aromatic ring is 1. The predicted octanol–water partition coefficient (Wildman–Crippen LogP) is 0.810. The third-order valence-corrected chi connectivity index (χ3v) is 2.09. The molecule has 0 spiro atoms. The number of nitrogens with two attached hydrogens (primary N) is 1. The second-order valence-corrected chi connectivity index (χ2v) is 3.33. The summed E-state index contributed by atoms with van der Waals surface area (Å²) in [6.07, 6.45) is 1.64. The molecule has 94 valence electrons. The summed E-state index contributed by atoms with van der Waals surface area (Å²) in [6, 6.07) is 1.51. The highest BCUT2D eigenvalue weighted by atomic mass is 16.6. The monoisotopic (exact) mass is 240 g/mol. The highest BCUT2D eigenvalue weighted by Crippen LogP contribution is 2.11. The van der Waals surface area contributed by atoms with Crippen molar-refractivity contribution in [1.29, 1.82) is 0 Å². The molecule has 1 aromatic rings. The summed E-state index contributed by atoms with van der Waals surface area (Å²) in [4.78, 5) is 22.6. The molecule has 0 fully saturated rings. The van der Waals surface area contributed by atoms with Crippen molar-refractivity contribution in [3.63, 3.8) is 0 Å². The van der Waals surface area contributed by atoms with E-state index < -0.39 is 11.9 Å². The zero-order chi connectivity index (χ0) is 12.8. The minimum atomic E-state index is -0.586. The minimum absolute atomic E-state index is 0.259. The Hall–Kier alpha value is -1.98. The van der Waals surface area contributed by atoms with E-state index >= 15 is 0 Å². The Bertz CT molecular complexity index is 412. The van der Waals surface area contributed by atoms with Crippen molar-refractivity contribution in [2.45, 2.75) is 20.4 Å². The summed E-state index contributed by atoms with van der Waals surface area (Å²) in [5.41, 5.74) is 6.39. The topological polar surface area (TPSA) is 83.6 Å². The standard InChI is InChI=1S/C11H16N2O4/c1-3-13-6-8(12)5-9(13)11(15)17-7-10(14)16-4-2/h5-6H,3-4,7,12H2,1-2H3. The van der Waals surface area contributed by atoms with E-state index in [9.17, 15) is 9.59 Å². The highest BCUT2D eigenvalue weighted by Gasteiger charge is 2.15. The molecule has 0 aliphatic heterocycles. The average molecular weight is 240 g/mol. The number of carbonyl (C=O) groups is 2. The van der Waals surface area contributed by atoms with Gasteiger partial charge in [-0.15, -0.1) is 0 Å². The number of nitrogens with zero attached hydrogens (tertiary/aromatic N) is 1. The van der Waals surface area contributed by atoms with Crippen molar-refractivity contribution in [1.82, 2.24) is 4.57 Å². The van der Waals surface area contributed by atoms with Crippen LogP contribution in [0.1, 0.15) is 24.3 Å². The fourth-order valence-electron chi connectivity index (χ4n) is 1.37. The van der Waals surface area contributed by atoms with E-state index in [0.29, 0.717) is 17.9 Å². The SMILES string of the molecule is CCOC(=O)COC(=O)c1cc(N)cn1CC. The molecular formula is C11H16N2O4. The van der Waals surface area contributed by atoms with E-state index in [4.69, 9.17) is 10.5 Å². The molecule has 0 saturated heterocycles. The lowest BCUT2D eigenvalue weighted by atomic mass is 10.4. The van der Waals surface area contributed by atoms with Gasteiger partial charge in [-0.1, -0.05) is 0 Å². The van der Waals surface area contributed by atoms with Crippen LogP contribution in [0, 0.1) is 0 Å². The number of hydrogen-bond donors (Lipinski definition) is 1. The number of esters is 2. The Morgan fingerprint density at radius 3 is 2.65 bits per heavy atom. The molecule has 6 heteroatoms. The second kappa shape index (κ2) is 5.93. The molecule has 0 atom stereocenters. The molecule has 1 rings (SSSR count). The van der Waals surface area contributed by atoms with Gasteiger partial charge in [-0.25, -0.2) is 9.59 Å². The molecule has 1 heterocycles. The van der Waals surface area contributed by atoms with Crippen molar-refractivity contribution in [3.05, 3.63) is 18.0 Å². The van der Waals surface area contributed by atoms with E-state index in [-0.39, 0.29) is 13.2 Å². The number of carbonyl (C=O) groups excluding carboxylic acids is 2. The maximum Gasteiger partial charge on any atom is 0.355 e. The van der Waals surface area contributed by atoms with Crippen LogP contribution in [0.2, 0.25) is 0 Å². The zero-order valence-electron chi connectivity index (χ0n) is 9.93. The average Bonchev–Trinajstić information content (AvgIpc) is 2.68. The number of aryl methyl sites for hydroxylation is 1. The highest BCUT2D eigenvalue weighted by molar-refractivity contribution is 5.90. The molecule has 17 heavy (non-hydrogen) atoms. The zero-order valence-corrected chi connectivity index (χ0v) is 9.93. The van der Waals surface area contributed by atoms with Gasteiger partial charge in [-0.2, -0.15) is 0 Å². The summed E-state index contributed by atoms with van der Waals surface area (Å²) in [6.45, 7) is 4.03. The van der Waals surface area contributed by atoms with Gasteiger partial charge >= 0.3 is 11.9 Å². The first kappa shape index (κ1) is 13.1. The molecule has 2 N–H and O–H groups in total. The Morgan fingerprint density at radius 1 is 1.35 bits per heavy atom. The fraction of sp³-hybridized carbons (Fsp3) is 0.455. The summed E-state index contributed by atoms with van der Waals surface area (Å²) < 4.78 is 11.1. The molecule has 0 unspecified atom stereocenters. The minimum Gasteiger partial charge on any atom is -0.463 e. The normalized spacial score (nSPS) is 10.0. The summed E-state index contributed by atoms with van der Waals surface area (Å²) in [7, 11) is 0. The molecule has 0 saturated carbocycles. The summed E-state index contributed by atoms with van der Waals surface area (Å²) in [5.74, 6) is -1.15. The lowest BCUT2D eigenvalue weighted by Gasteiger charge is -2.06. The van der Waals surface area contributed by atoms with Gasteiger partial charge in [-0.3, -0.25) is 0 Å². The van der Waals surface area contributed by atoms with Gasteiger partial charge in [0, 0.05) is 12.7 Å². The molecule has 0 aliphatic rings. The number of hydrogen-bond acceptors (Lipinski definition) is 5. The smallest absolute Gasteiger partial charge is 0.355 e. The van der Waals surface area contributed by atoms with Crippen molar-refractivity contribution in [2.75, 3.05) is 18.9 Å². The number of rotatable bonds is 5. The predicted molar refractivity (Wildman–Crippen MR) is 61.4 cm³/mol. The molecule has 0 amide bonds. The maximum atomic E-state index is 11.6. The molecule has 1 aromatic heterocycles. The molecule has 0 radical (unpaired) electrons. The van der Waals surface area contributed by atoms with Gasteiger partial charge in [0.25, 0.3) is 0 Å². The Labute approximate surface area is 99.3 Å². The van der Waals surface area contributed by atoms with Crippen LogP contribution in [0.4, 0.5) is 5.69 Å². The van der Waals surface area contributed by atoms with Crippen molar-refractivity contribution < 1.29 is 19.1 Å². The quantitative estimate of drug-likeness (QED) is 0.770. The second-order valence-electron chi connectivity index (χ2n) is 3.33. The number of aromatic nitrogens is 1. The van der Waals surface area contributed by atoms with Gasteiger partial charge in [0.2, 0.25) is 0 Å². The molecule has 0 aromatic carbocycles. The van der Waals surface area contributed by atoms with Crippen LogP contribution in [-0.4, -0.2) is 29.7 Å². The van der Waals surface area contributed by atoms with Crippen LogP contribution in [0.15, 0.2) is 12.3 Å². The van der Waals surface area contributed by atoms with E-state index in [1.807, 2.05) is 6.92 Å².